The van der Waals surface area contributed by atoms with Crippen molar-refractivity contribution in [2.24, 2.45) is 5.92 Å². The lowest BCUT2D eigenvalue weighted by molar-refractivity contribution is -0.00641. The first-order chi connectivity index (χ1) is 15.9. The van der Waals surface area contributed by atoms with E-state index in [1.165, 1.54) is 0 Å². The van der Waals surface area contributed by atoms with Gasteiger partial charge < -0.3 is 9.47 Å². The molecule has 0 bridgehead atoms. The number of carbonyl (C=O) groups is 2. The van der Waals surface area contributed by atoms with E-state index in [0.717, 1.165) is 41.8 Å². The predicted octanol–water partition coefficient (Wildman–Crippen LogP) is 5.34. The lowest BCUT2D eigenvalue weighted by Gasteiger charge is -2.38. The van der Waals surface area contributed by atoms with Gasteiger partial charge in [0.25, 0.3) is 0 Å². The molecule has 0 spiro atoms. The Bertz CT molecular complexity index is 1000. The largest absolute Gasteiger partial charge is 0.443 e. The SMILES string of the molecule is CC(C)(C)OC(=O)N(CC1CC(n2cc(-c3ncccn3)c(C3CC3)n2)C1)C(=O)OC(C)(C)C. The van der Waals surface area contributed by atoms with Crippen LogP contribution in [0.5, 0.6) is 0 Å². The van der Waals surface area contributed by atoms with E-state index in [1.54, 1.807) is 53.9 Å². The van der Waals surface area contributed by atoms with Crippen LogP contribution in [0.15, 0.2) is 24.7 Å². The number of hydrogen-bond donors (Lipinski definition) is 0. The third kappa shape index (κ3) is 5.93. The van der Waals surface area contributed by atoms with Crippen LogP contribution in [0.2, 0.25) is 0 Å². The molecule has 9 heteroatoms. The van der Waals surface area contributed by atoms with Crippen molar-refractivity contribution in [1.29, 1.82) is 0 Å². The highest BCUT2D eigenvalue weighted by Crippen LogP contribution is 2.45. The van der Waals surface area contributed by atoms with E-state index < -0.39 is 23.4 Å². The number of rotatable bonds is 5. The summed E-state index contributed by atoms with van der Waals surface area (Å²) in [4.78, 5) is 35.5. The van der Waals surface area contributed by atoms with Gasteiger partial charge in [0.1, 0.15) is 11.2 Å². The molecule has 0 aromatic carbocycles. The molecule has 0 radical (unpaired) electrons. The van der Waals surface area contributed by atoms with Crippen LogP contribution in [0.1, 0.15) is 84.9 Å². The van der Waals surface area contributed by atoms with Crippen LogP contribution in [-0.4, -0.2) is 54.6 Å². The number of amides is 2. The molecule has 2 fully saturated rings. The Hall–Kier alpha value is -2.97. The summed E-state index contributed by atoms with van der Waals surface area (Å²) in [6, 6.07) is 2.02. The summed E-state index contributed by atoms with van der Waals surface area (Å²) >= 11 is 0. The number of imide groups is 1. The molecule has 34 heavy (non-hydrogen) atoms. The molecule has 0 aliphatic heterocycles. The standard InChI is InChI=1S/C25H35N5O4/c1-24(2,3)33-22(31)29(23(32)34-25(4,5)6)14-16-12-18(13-16)30-15-19(20(28-30)17-8-9-17)21-26-10-7-11-27-21/h7,10-11,15-18H,8-9,12-14H2,1-6H3. The van der Waals surface area contributed by atoms with Gasteiger partial charge in [-0.2, -0.15) is 5.10 Å². The van der Waals surface area contributed by atoms with Crippen LogP contribution in [0.4, 0.5) is 9.59 Å². The van der Waals surface area contributed by atoms with Crippen molar-refractivity contribution >= 4 is 12.2 Å². The zero-order chi connectivity index (χ0) is 24.7. The van der Waals surface area contributed by atoms with Crippen LogP contribution in [0.3, 0.4) is 0 Å². The summed E-state index contributed by atoms with van der Waals surface area (Å²) in [6.45, 7) is 10.9. The highest BCUT2D eigenvalue weighted by molar-refractivity contribution is 5.88. The smallest absolute Gasteiger partial charge is 0.419 e. The topological polar surface area (TPSA) is 99.4 Å². The maximum atomic E-state index is 12.8. The van der Waals surface area contributed by atoms with Gasteiger partial charge in [-0.25, -0.2) is 24.5 Å². The van der Waals surface area contributed by atoms with Crippen molar-refractivity contribution in [3.63, 3.8) is 0 Å². The predicted molar refractivity (Wildman–Crippen MR) is 126 cm³/mol. The molecule has 2 aromatic heterocycles. The van der Waals surface area contributed by atoms with E-state index >= 15 is 0 Å². The monoisotopic (exact) mass is 469 g/mol. The minimum Gasteiger partial charge on any atom is -0.443 e. The van der Waals surface area contributed by atoms with Crippen molar-refractivity contribution in [3.05, 3.63) is 30.4 Å². The van der Waals surface area contributed by atoms with E-state index in [0.29, 0.717) is 11.7 Å². The average Bonchev–Trinajstić information content (AvgIpc) is 3.44. The summed E-state index contributed by atoms with van der Waals surface area (Å²) in [5.41, 5.74) is 0.655. The minimum absolute atomic E-state index is 0.148. The third-order valence-corrected chi connectivity index (χ3v) is 5.78. The first-order valence-electron chi connectivity index (χ1n) is 12.0. The fraction of sp³-hybridized carbons (Fsp3) is 0.640. The molecule has 184 valence electrons. The Morgan fingerprint density at radius 3 is 2.06 bits per heavy atom. The summed E-state index contributed by atoms with van der Waals surface area (Å²) in [6.07, 6.45) is 8.09. The maximum absolute atomic E-state index is 12.8. The van der Waals surface area contributed by atoms with Gasteiger partial charge in [0, 0.05) is 31.1 Å². The van der Waals surface area contributed by atoms with Gasteiger partial charge in [-0.1, -0.05) is 0 Å². The summed E-state index contributed by atoms with van der Waals surface area (Å²) in [7, 11) is 0. The zero-order valence-electron chi connectivity index (χ0n) is 20.9. The number of carbonyl (C=O) groups excluding carboxylic acids is 2. The quantitative estimate of drug-likeness (QED) is 0.583. The van der Waals surface area contributed by atoms with Gasteiger partial charge in [0.2, 0.25) is 0 Å². The highest BCUT2D eigenvalue weighted by Gasteiger charge is 2.39. The van der Waals surface area contributed by atoms with E-state index in [9.17, 15) is 9.59 Å². The molecule has 0 N–H and O–H groups in total. The second-order valence-corrected chi connectivity index (χ2v) is 11.3. The third-order valence-electron chi connectivity index (χ3n) is 5.78. The highest BCUT2D eigenvalue weighted by atomic mass is 16.6. The van der Waals surface area contributed by atoms with Crippen LogP contribution in [-0.2, 0) is 9.47 Å². The molecule has 2 saturated carbocycles. The lowest BCUT2D eigenvalue weighted by Crippen LogP contribution is -2.47. The molecular formula is C25H35N5O4. The zero-order valence-corrected chi connectivity index (χ0v) is 20.9. The van der Waals surface area contributed by atoms with Gasteiger partial charge in [0.15, 0.2) is 5.82 Å². The van der Waals surface area contributed by atoms with Crippen molar-refractivity contribution < 1.29 is 19.1 Å². The summed E-state index contributed by atoms with van der Waals surface area (Å²) in [5.74, 6) is 1.33. The first kappa shape index (κ1) is 24.2. The first-order valence-corrected chi connectivity index (χ1v) is 12.0. The van der Waals surface area contributed by atoms with Crippen molar-refractivity contribution in [1.82, 2.24) is 24.6 Å². The van der Waals surface area contributed by atoms with Gasteiger partial charge in [0.05, 0.1) is 17.3 Å². The second-order valence-electron chi connectivity index (χ2n) is 11.3. The van der Waals surface area contributed by atoms with Crippen molar-refractivity contribution in [3.8, 4) is 11.4 Å². The molecule has 0 unspecified atom stereocenters. The average molecular weight is 470 g/mol. The molecule has 0 saturated heterocycles. The number of aromatic nitrogens is 4. The molecule has 2 aliphatic carbocycles. The lowest BCUT2D eigenvalue weighted by atomic mass is 9.80. The molecule has 2 aliphatic rings. The fourth-order valence-electron chi connectivity index (χ4n) is 4.04. The van der Waals surface area contributed by atoms with E-state index in [4.69, 9.17) is 14.6 Å². The Morgan fingerprint density at radius 2 is 1.56 bits per heavy atom. The van der Waals surface area contributed by atoms with Gasteiger partial charge in [-0.3, -0.25) is 4.68 Å². The van der Waals surface area contributed by atoms with Gasteiger partial charge in [-0.15, -0.1) is 0 Å². The molecule has 2 aromatic rings. The Morgan fingerprint density at radius 1 is 1.00 bits per heavy atom. The summed E-state index contributed by atoms with van der Waals surface area (Å²) < 4.78 is 13.0. The molecule has 2 amide bonds. The number of hydrogen-bond acceptors (Lipinski definition) is 7. The molecule has 2 heterocycles. The van der Waals surface area contributed by atoms with E-state index in [1.807, 2.05) is 16.9 Å². The Labute approximate surface area is 200 Å². The van der Waals surface area contributed by atoms with Crippen LogP contribution >= 0.6 is 0 Å². The Kier molecular flexibility index (Phi) is 6.40. The van der Waals surface area contributed by atoms with E-state index in [2.05, 4.69) is 9.97 Å². The van der Waals surface area contributed by atoms with Crippen LogP contribution in [0.25, 0.3) is 11.4 Å². The maximum Gasteiger partial charge on any atom is 0.419 e. The summed E-state index contributed by atoms with van der Waals surface area (Å²) in [5, 5.41) is 4.89. The van der Waals surface area contributed by atoms with Gasteiger partial charge >= 0.3 is 12.2 Å². The van der Waals surface area contributed by atoms with Crippen LogP contribution < -0.4 is 0 Å². The van der Waals surface area contributed by atoms with Crippen LogP contribution in [0, 0.1) is 5.92 Å². The molecule has 0 atom stereocenters. The molecular weight excluding hydrogens is 434 g/mol. The number of nitrogens with zero attached hydrogens (tertiary/aromatic N) is 5. The molecule has 4 rings (SSSR count). The Balaban J connectivity index is 1.44. The minimum atomic E-state index is -0.705. The van der Waals surface area contributed by atoms with Crippen molar-refractivity contribution in [2.75, 3.05) is 6.54 Å². The van der Waals surface area contributed by atoms with E-state index in [-0.39, 0.29) is 18.5 Å². The number of ether oxygens (including phenoxy) is 2. The second kappa shape index (κ2) is 9.00. The normalized spacial score (nSPS) is 20.4. The fourth-order valence-corrected chi connectivity index (χ4v) is 4.04. The van der Waals surface area contributed by atoms with Crippen molar-refractivity contribution in [2.45, 2.75) is 90.4 Å². The molecule has 9 nitrogen and oxygen atoms in total. The van der Waals surface area contributed by atoms with Gasteiger partial charge in [-0.05, 0) is 79.2 Å².